The minimum absolute atomic E-state index is 0.111. The van der Waals surface area contributed by atoms with E-state index in [-0.39, 0.29) is 18.1 Å². The first-order valence-electron chi connectivity index (χ1n) is 8.17. The second kappa shape index (κ2) is 6.39. The summed E-state index contributed by atoms with van der Waals surface area (Å²) in [4.78, 5) is 16.2. The molecule has 22 heavy (non-hydrogen) atoms. The van der Waals surface area contributed by atoms with Crippen molar-refractivity contribution < 1.29 is 9.53 Å². The molecule has 0 aliphatic carbocycles. The highest BCUT2D eigenvalue weighted by Gasteiger charge is 2.42. The van der Waals surface area contributed by atoms with Gasteiger partial charge >= 0.3 is 0 Å². The van der Waals surface area contributed by atoms with Crippen molar-refractivity contribution in [3.8, 4) is 0 Å². The molecule has 3 rings (SSSR count). The van der Waals surface area contributed by atoms with Crippen LogP contribution in [0, 0.1) is 12.8 Å². The van der Waals surface area contributed by atoms with Gasteiger partial charge in [0.25, 0.3) is 5.91 Å². The molecule has 1 aromatic rings. The Morgan fingerprint density at radius 2 is 2.05 bits per heavy atom. The summed E-state index contributed by atoms with van der Waals surface area (Å²) in [7, 11) is 3.61. The molecule has 1 amide bonds. The van der Waals surface area contributed by atoms with Gasteiger partial charge < -0.3 is 9.64 Å². The molecular weight excluding hydrogens is 276 g/mol. The number of benzene rings is 1. The molecule has 0 aromatic heterocycles. The number of aryl methyl sites for hydroxylation is 1. The number of amides is 1. The number of hydrogen-bond donors (Lipinski definition) is 0. The van der Waals surface area contributed by atoms with Crippen molar-refractivity contribution in [1.82, 2.24) is 9.80 Å². The lowest BCUT2D eigenvalue weighted by Gasteiger charge is -2.34. The maximum atomic E-state index is 12.1. The number of piperidine rings is 1. The van der Waals surface area contributed by atoms with Gasteiger partial charge in [0.15, 0.2) is 0 Å². The molecule has 4 nitrogen and oxygen atoms in total. The Bertz CT molecular complexity index is 526. The second-order valence-corrected chi connectivity index (χ2v) is 6.90. The zero-order chi connectivity index (χ0) is 15.7. The smallest absolute Gasteiger partial charge is 0.251 e. The molecule has 0 spiro atoms. The highest BCUT2D eigenvalue weighted by Crippen LogP contribution is 2.34. The molecular formula is C18H26N2O2. The SMILES string of the molecule is Cc1ccc(CN2CC[C@H]3C[C@@H](C(=O)N(C)C)O[C@H]3C2)cc1. The van der Waals surface area contributed by atoms with E-state index in [9.17, 15) is 4.79 Å². The first kappa shape index (κ1) is 15.5. The number of carbonyl (C=O) groups is 1. The third-order valence-corrected chi connectivity index (χ3v) is 4.88. The van der Waals surface area contributed by atoms with Crippen LogP contribution >= 0.6 is 0 Å². The number of carbonyl (C=O) groups excluding carboxylic acids is 1. The molecule has 2 heterocycles. The average Bonchev–Trinajstić information content (AvgIpc) is 2.91. The Morgan fingerprint density at radius 3 is 2.73 bits per heavy atom. The fourth-order valence-electron chi connectivity index (χ4n) is 3.54. The van der Waals surface area contributed by atoms with Crippen LogP contribution in [0.4, 0.5) is 0 Å². The molecule has 0 bridgehead atoms. The van der Waals surface area contributed by atoms with Crippen molar-refractivity contribution in [3.63, 3.8) is 0 Å². The number of fused-ring (bicyclic) bond motifs is 1. The van der Waals surface area contributed by atoms with E-state index in [0.717, 1.165) is 32.5 Å². The van der Waals surface area contributed by atoms with E-state index >= 15 is 0 Å². The van der Waals surface area contributed by atoms with Crippen molar-refractivity contribution in [2.75, 3.05) is 27.2 Å². The summed E-state index contributed by atoms with van der Waals surface area (Å²) in [6.45, 7) is 5.12. The Kier molecular flexibility index (Phi) is 4.50. The van der Waals surface area contributed by atoms with Crippen LogP contribution < -0.4 is 0 Å². The second-order valence-electron chi connectivity index (χ2n) is 6.90. The van der Waals surface area contributed by atoms with Crippen molar-refractivity contribution in [2.24, 2.45) is 5.92 Å². The molecule has 4 heteroatoms. The summed E-state index contributed by atoms with van der Waals surface area (Å²) in [6.07, 6.45) is 2.01. The molecule has 0 radical (unpaired) electrons. The van der Waals surface area contributed by atoms with Crippen LogP contribution in [0.5, 0.6) is 0 Å². The molecule has 0 unspecified atom stereocenters. The van der Waals surface area contributed by atoms with E-state index in [2.05, 4.69) is 36.1 Å². The van der Waals surface area contributed by atoms with Gasteiger partial charge in [0, 0.05) is 27.2 Å². The fraction of sp³-hybridized carbons (Fsp3) is 0.611. The van der Waals surface area contributed by atoms with Gasteiger partial charge in [-0.25, -0.2) is 0 Å². The zero-order valence-corrected chi connectivity index (χ0v) is 13.8. The van der Waals surface area contributed by atoms with Gasteiger partial charge in [-0.05, 0) is 37.8 Å². The summed E-state index contributed by atoms with van der Waals surface area (Å²) in [5, 5.41) is 0. The van der Waals surface area contributed by atoms with Crippen LogP contribution in [-0.4, -0.2) is 55.1 Å². The molecule has 2 aliphatic heterocycles. The Hall–Kier alpha value is -1.39. The van der Waals surface area contributed by atoms with Crippen molar-refractivity contribution in [2.45, 2.75) is 38.5 Å². The summed E-state index contributed by atoms with van der Waals surface area (Å²) >= 11 is 0. The summed E-state index contributed by atoms with van der Waals surface area (Å²) < 4.78 is 6.04. The van der Waals surface area contributed by atoms with Gasteiger partial charge in [-0.2, -0.15) is 0 Å². The van der Waals surface area contributed by atoms with Gasteiger partial charge in [0.2, 0.25) is 0 Å². The molecule has 0 saturated carbocycles. The number of likely N-dealkylation sites (N-methyl/N-ethyl adjacent to an activating group) is 1. The monoisotopic (exact) mass is 302 g/mol. The quantitative estimate of drug-likeness (QED) is 0.857. The van der Waals surface area contributed by atoms with Gasteiger partial charge in [-0.1, -0.05) is 29.8 Å². The number of nitrogens with zero attached hydrogens (tertiary/aromatic N) is 2. The summed E-state index contributed by atoms with van der Waals surface area (Å²) in [5.74, 6) is 0.655. The highest BCUT2D eigenvalue weighted by molar-refractivity contribution is 5.80. The lowest BCUT2D eigenvalue weighted by molar-refractivity contribution is -0.141. The summed E-state index contributed by atoms with van der Waals surface area (Å²) in [5.41, 5.74) is 2.65. The van der Waals surface area contributed by atoms with E-state index in [1.165, 1.54) is 11.1 Å². The van der Waals surface area contributed by atoms with Gasteiger partial charge in [0.05, 0.1) is 6.10 Å². The van der Waals surface area contributed by atoms with Crippen LogP contribution in [0.1, 0.15) is 24.0 Å². The van der Waals surface area contributed by atoms with E-state index in [1.807, 2.05) is 0 Å². The molecule has 120 valence electrons. The average molecular weight is 302 g/mol. The molecule has 0 N–H and O–H groups in total. The third-order valence-electron chi connectivity index (χ3n) is 4.88. The molecule has 3 atom stereocenters. The van der Waals surface area contributed by atoms with Crippen LogP contribution in [0.3, 0.4) is 0 Å². The lowest BCUT2D eigenvalue weighted by atomic mass is 9.91. The van der Waals surface area contributed by atoms with Crippen molar-refractivity contribution >= 4 is 5.91 Å². The molecule has 2 saturated heterocycles. The molecule has 2 aliphatic rings. The molecule has 2 fully saturated rings. The minimum Gasteiger partial charge on any atom is -0.364 e. The minimum atomic E-state index is -0.232. The Labute approximate surface area is 133 Å². The lowest BCUT2D eigenvalue weighted by Crippen LogP contribution is -2.42. The van der Waals surface area contributed by atoms with E-state index in [0.29, 0.717) is 5.92 Å². The maximum absolute atomic E-state index is 12.1. The van der Waals surface area contributed by atoms with Gasteiger partial charge in [-0.3, -0.25) is 9.69 Å². The summed E-state index contributed by atoms with van der Waals surface area (Å²) in [6, 6.07) is 8.74. The van der Waals surface area contributed by atoms with Crippen LogP contribution in [0.15, 0.2) is 24.3 Å². The highest BCUT2D eigenvalue weighted by atomic mass is 16.5. The third kappa shape index (κ3) is 3.33. The van der Waals surface area contributed by atoms with Crippen molar-refractivity contribution in [3.05, 3.63) is 35.4 Å². The Balaban J connectivity index is 1.57. The zero-order valence-electron chi connectivity index (χ0n) is 13.8. The van der Waals surface area contributed by atoms with E-state index in [1.54, 1.807) is 19.0 Å². The maximum Gasteiger partial charge on any atom is 0.251 e. The van der Waals surface area contributed by atoms with E-state index < -0.39 is 0 Å². The predicted octanol–water partition coefficient (Wildman–Crippen LogP) is 2.06. The predicted molar refractivity (Wildman–Crippen MR) is 86.5 cm³/mol. The first-order chi connectivity index (χ1) is 10.5. The molecule has 1 aromatic carbocycles. The first-order valence-corrected chi connectivity index (χ1v) is 8.17. The van der Waals surface area contributed by atoms with Crippen LogP contribution in [-0.2, 0) is 16.1 Å². The normalized spacial score (nSPS) is 28.4. The number of ether oxygens (including phenoxy) is 1. The number of hydrogen-bond acceptors (Lipinski definition) is 3. The van der Waals surface area contributed by atoms with Crippen LogP contribution in [0.2, 0.25) is 0 Å². The van der Waals surface area contributed by atoms with Gasteiger partial charge in [0.1, 0.15) is 6.10 Å². The van der Waals surface area contributed by atoms with E-state index in [4.69, 9.17) is 4.74 Å². The standard InChI is InChI=1S/C18H26N2O2/c1-13-4-6-14(7-5-13)11-20-9-8-15-10-16(18(21)19(2)3)22-17(15)12-20/h4-7,15-17H,8-12H2,1-3H3/t15-,16-,17-/m0/s1. The Morgan fingerprint density at radius 1 is 1.32 bits per heavy atom. The topological polar surface area (TPSA) is 32.8 Å². The number of rotatable bonds is 3. The number of likely N-dealkylation sites (tertiary alicyclic amines) is 1. The largest absolute Gasteiger partial charge is 0.364 e. The van der Waals surface area contributed by atoms with Gasteiger partial charge in [-0.15, -0.1) is 0 Å². The van der Waals surface area contributed by atoms with Crippen LogP contribution in [0.25, 0.3) is 0 Å². The fourth-order valence-corrected chi connectivity index (χ4v) is 3.54. The van der Waals surface area contributed by atoms with Crippen molar-refractivity contribution in [1.29, 1.82) is 0 Å².